The molecular formula is C19H21FN2O2. The van der Waals surface area contributed by atoms with Gasteiger partial charge in [0.1, 0.15) is 11.6 Å². The highest BCUT2D eigenvalue weighted by atomic mass is 19.1. The molecule has 0 spiro atoms. The Morgan fingerprint density at radius 1 is 1.21 bits per heavy atom. The van der Waals surface area contributed by atoms with Crippen molar-refractivity contribution in [3.8, 4) is 16.9 Å². The van der Waals surface area contributed by atoms with Crippen LogP contribution in [0.1, 0.15) is 23.2 Å². The van der Waals surface area contributed by atoms with Crippen molar-refractivity contribution in [3.63, 3.8) is 0 Å². The first-order chi connectivity index (χ1) is 11.6. The Kier molecular flexibility index (Phi) is 4.81. The summed E-state index contributed by atoms with van der Waals surface area (Å²) in [6.07, 6.45) is 1.77. The van der Waals surface area contributed by atoms with Gasteiger partial charge in [-0.3, -0.25) is 4.79 Å². The van der Waals surface area contributed by atoms with E-state index in [4.69, 9.17) is 10.5 Å². The lowest BCUT2D eigenvalue weighted by molar-refractivity contribution is 0.0704. The van der Waals surface area contributed by atoms with E-state index in [2.05, 4.69) is 0 Å². The fraction of sp³-hybridized carbons (Fsp3) is 0.316. The zero-order valence-corrected chi connectivity index (χ0v) is 13.7. The third-order valence-electron chi connectivity index (χ3n) is 4.37. The second-order valence-electron chi connectivity index (χ2n) is 6.08. The maximum atomic E-state index is 14.5. The quantitative estimate of drug-likeness (QED) is 0.942. The summed E-state index contributed by atoms with van der Waals surface area (Å²) in [5.41, 5.74) is 7.60. The van der Waals surface area contributed by atoms with Gasteiger partial charge in [0.15, 0.2) is 0 Å². The van der Waals surface area contributed by atoms with Gasteiger partial charge in [-0.15, -0.1) is 0 Å². The number of halogens is 1. The summed E-state index contributed by atoms with van der Waals surface area (Å²) in [4.78, 5) is 14.1. The average Bonchev–Trinajstić information content (AvgIpc) is 2.61. The lowest BCUT2D eigenvalue weighted by Gasteiger charge is -2.30. The molecule has 1 fully saturated rings. The number of piperidine rings is 1. The Hall–Kier alpha value is -2.40. The molecule has 0 bridgehead atoms. The van der Waals surface area contributed by atoms with E-state index in [0.29, 0.717) is 13.1 Å². The van der Waals surface area contributed by atoms with Gasteiger partial charge in [0.25, 0.3) is 5.91 Å². The van der Waals surface area contributed by atoms with Crippen molar-refractivity contribution in [3.05, 3.63) is 53.8 Å². The van der Waals surface area contributed by atoms with E-state index >= 15 is 0 Å². The van der Waals surface area contributed by atoms with Crippen LogP contribution >= 0.6 is 0 Å². The molecule has 1 heterocycles. The second-order valence-corrected chi connectivity index (χ2v) is 6.08. The summed E-state index contributed by atoms with van der Waals surface area (Å²) in [6, 6.07) is 12.1. The summed E-state index contributed by atoms with van der Waals surface area (Å²) >= 11 is 0. The molecule has 1 amide bonds. The molecule has 2 N–H and O–H groups in total. The Balaban J connectivity index is 1.82. The fourth-order valence-corrected chi connectivity index (χ4v) is 3.02. The minimum absolute atomic E-state index is 0.0238. The largest absolute Gasteiger partial charge is 0.497 e. The average molecular weight is 328 g/mol. The highest BCUT2D eigenvalue weighted by Gasteiger charge is 2.24. The zero-order chi connectivity index (χ0) is 17.1. The molecule has 1 aliphatic rings. The second kappa shape index (κ2) is 7.01. The van der Waals surface area contributed by atoms with Crippen LogP contribution in [0.5, 0.6) is 5.75 Å². The van der Waals surface area contributed by atoms with Crippen molar-refractivity contribution in [1.82, 2.24) is 4.90 Å². The molecule has 3 rings (SSSR count). The van der Waals surface area contributed by atoms with Gasteiger partial charge in [-0.25, -0.2) is 4.39 Å². The molecule has 1 atom stereocenters. The Bertz CT molecular complexity index is 731. The third-order valence-corrected chi connectivity index (χ3v) is 4.37. The van der Waals surface area contributed by atoms with E-state index in [0.717, 1.165) is 29.7 Å². The number of methoxy groups -OCH3 is 1. The van der Waals surface area contributed by atoms with Crippen LogP contribution in [-0.2, 0) is 0 Å². The summed E-state index contributed by atoms with van der Waals surface area (Å²) in [7, 11) is 1.60. The first-order valence-electron chi connectivity index (χ1n) is 8.07. The number of ether oxygens (including phenoxy) is 1. The molecular weight excluding hydrogens is 307 g/mol. The molecule has 0 aliphatic carbocycles. The number of nitrogens with two attached hydrogens (primary N) is 1. The van der Waals surface area contributed by atoms with Crippen LogP contribution < -0.4 is 10.5 Å². The van der Waals surface area contributed by atoms with Crippen LogP contribution in [0.2, 0.25) is 0 Å². The topological polar surface area (TPSA) is 55.6 Å². The van der Waals surface area contributed by atoms with Crippen molar-refractivity contribution in [2.75, 3.05) is 20.2 Å². The van der Waals surface area contributed by atoms with Gasteiger partial charge in [0.05, 0.1) is 12.7 Å². The molecule has 126 valence electrons. The number of likely N-dealkylation sites (tertiary alicyclic amines) is 1. The standard InChI is InChI=1S/C19H21FN2O2/c1-24-16-7-4-13(5-8-16)14-6-9-17(18(20)11-14)19(23)22-10-2-3-15(21)12-22/h4-9,11,15H,2-3,10,12,21H2,1H3/t15-/m1/s1. The number of carbonyl (C=O) groups is 1. The minimum Gasteiger partial charge on any atom is -0.497 e. The summed E-state index contributed by atoms with van der Waals surface area (Å²) in [5.74, 6) is -0.0520. The molecule has 0 aromatic heterocycles. The SMILES string of the molecule is COc1ccc(-c2ccc(C(=O)N3CCC[C@@H](N)C3)c(F)c2)cc1. The molecule has 1 aliphatic heterocycles. The predicted octanol–water partition coefficient (Wildman–Crippen LogP) is 3.06. The maximum absolute atomic E-state index is 14.5. The lowest BCUT2D eigenvalue weighted by Crippen LogP contribution is -2.45. The summed E-state index contributed by atoms with van der Waals surface area (Å²) in [5, 5.41) is 0. The van der Waals surface area contributed by atoms with Gasteiger partial charge >= 0.3 is 0 Å². The van der Waals surface area contributed by atoms with Crippen molar-refractivity contribution in [2.24, 2.45) is 5.73 Å². The predicted molar refractivity (Wildman–Crippen MR) is 91.5 cm³/mol. The van der Waals surface area contributed by atoms with Crippen molar-refractivity contribution in [1.29, 1.82) is 0 Å². The molecule has 2 aromatic carbocycles. The van der Waals surface area contributed by atoms with Gasteiger partial charge in [-0.05, 0) is 48.2 Å². The van der Waals surface area contributed by atoms with Gasteiger partial charge in [0, 0.05) is 19.1 Å². The van der Waals surface area contributed by atoms with Gasteiger partial charge in [-0.2, -0.15) is 0 Å². The molecule has 24 heavy (non-hydrogen) atoms. The fourth-order valence-electron chi connectivity index (χ4n) is 3.02. The maximum Gasteiger partial charge on any atom is 0.256 e. The summed E-state index contributed by atoms with van der Waals surface area (Å²) in [6.45, 7) is 1.12. The number of nitrogens with zero attached hydrogens (tertiary/aromatic N) is 1. The molecule has 2 aromatic rings. The van der Waals surface area contributed by atoms with Crippen molar-refractivity contribution < 1.29 is 13.9 Å². The highest BCUT2D eigenvalue weighted by molar-refractivity contribution is 5.95. The zero-order valence-electron chi connectivity index (χ0n) is 13.7. The van der Waals surface area contributed by atoms with Crippen LogP contribution in [0.4, 0.5) is 4.39 Å². The molecule has 4 nitrogen and oxygen atoms in total. The smallest absolute Gasteiger partial charge is 0.256 e. The number of benzene rings is 2. The van der Waals surface area contributed by atoms with Crippen LogP contribution in [0.25, 0.3) is 11.1 Å². The number of rotatable bonds is 3. The van der Waals surface area contributed by atoms with Gasteiger partial charge in [0.2, 0.25) is 0 Å². The Labute approximate surface area is 141 Å². The van der Waals surface area contributed by atoms with E-state index in [1.807, 2.05) is 24.3 Å². The van der Waals surface area contributed by atoms with Gasteiger partial charge < -0.3 is 15.4 Å². The molecule has 0 unspecified atom stereocenters. The highest BCUT2D eigenvalue weighted by Crippen LogP contribution is 2.25. The molecule has 1 saturated heterocycles. The monoisotopic (exact) mass is 328 g/mol. The van der Waals surface area contributed by atoms with Crippen LogP contribution in [0, 0.1) is 5.82 Å². The Morgan fingerprint density at radius 2 is 1.92 bits per heavy atom. The number of hydrogen-bond acceptors (Lipinski definition) is 3. The molecule has 5 heteroatoms. The number of carbonyl (C=O) groups excluding carboxylic acids is 1. The van der Waals surface area contributed by atoms with Crippen molar-refractivity contribution >= 4 is 5.91 Å². The normalized spacial score (nSPS) is 17.6. The van der Waals surface area contributed by atoms with E-state index < -0.39 is 5.82 Å². The number of hydrogen-bond donors (Lipinski definition) is 1. The Morgan fingerprint density at radius 3 is 2.54 bits per heavy atom. The summed E-state index contributed by atoms with van der Waals surface area (Å²) < 4.78 is 19.6. The van der Waals surface area contributed by atoms with E-state index in [9.17, 15) is 9.18 Å². The van der Waals surface area contributed by atoms with E-state index in [1.54, 1.807) is 24.1 Å². The van der Waals surface area contributed by atoms with Crippen LogP contribution in [-0.4, -0.2) is 37.0 Å². The number of amides is 1. The van der Waals surface area contributed by atoms with Crippen LogP contribution in [0.3, 0.4) is 0 Å². The molecule has 0 saturated carbocycles. The van der Waals surface area contributed by atoms with Crippen molar-refractivity contribution in [2.45, 2.75) is 18.9 Å². The van der Waals surface area contributed by atoms with Crippen LogP contribution in [0.15, 0.2) is 42.5 Å². The first kappa shape index (κ1) is 16.5. The molecule has 0 radical (unpaired) electrons. The van der Waals surface area contributed by atoms with E-state index in [-0.39, 0.29) is 17.5 Å². The lowest BCUT2D eigenvalue weighted by atomic mass is 10.0. The van der Waals surface area contributed by atoms with Gasteiger partial charge in [-0.1, -0.05) is 18.2 Å². The van der Waals surface area contributed by atoms with E-state index in [1.165, 1.54) is 6.07 Å². The third kappa shape index (κ3) is 3.41. The minimum atomic E-state index is -0.507. The first-order valence-corrected chi connectivity index (χ1v) is 8.07.